The average molecular weight is 288 g/mol. The van der Waals surface area contributed by atoms with Crippen LogP contribution < -0.4 is 0 Å². The summed E-state index contributed by atoms with van der Waals surface area (Å²) in [5.41, 5.74) is 0. The third kappa shape index (κ3) is 4.72. The third-order valence-electron chi connectivity index (χ3n) is 4.66. The molecule has 0 spiro atoms. The Morgan fingerprint density at radius 3 is 2.35 bits per heavy atom. The first kappa shape index (κ1) is 17.4. The highest BCUT2D eigenvalue weighted by Crippen LogP contribution is 2.35. The molecule has 0 bridgehead atoms. The Morgan fingerprint density at radius 1 is 1.15 bits per heavy atom. The Hall–Kier alpha value is -0.650. The summed E-state index contributed by atoms with van der Waals surface area (Å²) in [5, 5.41) is 37.8. The van der Waals surface area contributed by atoms with Gasteiger partial charge in [0, 0.05) is 12.5 Å². The second kappa shape index (κ2) is 8.60. The molecule has 0 aromatic carbocycles. The summed E-state index contributed by atoms with van der Waals surface area (Å²) < 4.78 is 0. The lowest BCUT2D eigenvalue weighted by molar-refractivity contribution is -0.142. The third-order valence-corrected chi connectivity index (χ3v) is 4.66. The Morgan fingerprint density at radius 2 is 1.80 bits per heavy atom. The molecule has 1 aliphatic carbocycles. The van der Waals surface area contributed by atoms with E-state index >= 15 is 0 Å². The maximum atomic E-state index is 10.9. The Labute approximate surface area is 120 Å². The number of hydrogen-bond donors (Lipinski definition) is 4. The Balaban J connectivity index is 2.22. The fraction of sp³-hybridized carbons (Fsp3) is 0.933. The lowest BCUT2D eigenvalue weighted by Crippen LogP contribution is -2.25. The van der Waals surface area contributed by atoms with Gasteiger partial charge in [0.2, 0.25) is 0 Å². The van der Waals surface area contributed by atoms with Crippen LogP contribution in [0.15, 0.2) is 0 Å². The van der Waals surface area contributed by atoms with E-state index in [0.29, 0.717) is 19.3 Å². The maximum Gasteiger partial charge on any atom is 0.306 e. The number of aliphatic carboxylic acids is 1. The molecule has 3 unspecified atom stereocenters. The van der Waals surface area contributed by atoms with E-state index in [2.05, 4.69) is 0 Å². The zero-order chi connectivity index (χ0) is 15.1. The SMILES string of the molecule is CCC(CCCCC[C@H]1C(O)CC(O)[C@@H]1CO)C(=O)O. The lowest BCUT2D eigenvalue weighted by Gasteiger charge is -2.21. The number of aliphatic hydroxyl groups excluding tert-OH is 3. The second-order valence-corrected chi connectivity index (χ2v) is 5.96. The van der Waals surface area contributed by atoms with Gasteiger partial charge in [-0.3, -0.25) is 4.79 Å². The number of unbranched alkanes of at least 4 members (excludes halogenated alkanes) is 2. The van der Waals surface area contributed by atoms with Crippen molar-refractivity contribution >= 4 is 5.97 Å². The average Bonchev–Trinajstić information content (AvgIpc) is 2.67. The molecule has 1 aliphatic rings. The van der Waals surface area contributed by atoms with Crippen molar-refractivity contribution in [2.45, 2.75) is 64.1 Å². The van der Waals surface area contributed by atoms with Crippen LogP contribution in [0.1, 0.15) is 51.9 Å². The van der Waals surface area contributed by atoms with Crippen molar-refractivity contribution in [3.63, 3.8) is 0 Å². The molecule has 0 heterocycles. The lowest BCUT2D eigenvalue weighted by atomic mass is 9.88. The van der Waals surface area contributed by atoms with Crippen LogP contribution in [0.4, 0.5) is 0 Å². The van der Waals surface area contributed by atoms with Crippen LogP contribution in [0.3, 0.4) is 0 Å². The molecule has 20 heavy (non-hydrogen) atoms. The Kier molecular flexibility index (Phi) is 7.48. The van der Waals surface area contributed by atoms with Gasteiger partial charge in [-0.1, -0.05) is 26.2 Å². The van der Waals surface area contributed by atoms with Crippen molar-refractivity contribution in [1.29, 1.82) is 0 Å². The molecular weight excluding hydrogens is 260 g/mol. The van der Waals surface area contributed by atoms with Crippen LogP contribution in [0, 0.1) is 17.8 Å². The van der Waals surface area contributed by atoms with E-state index < -0.39 is 18.2 Å². The fourth-order valence-corrected chi connectivity index (χ4v) is 3.28. The predicted molar refractivity (Wildman–Crippen MR) is 75.2 cm³/mol. The van der Waals surface area contributed by atoms with Crippen molar-refractivity contribution < 1.29 is 25.2 Å². The molecule has 118 valence electrons. The van der Waals surface area contributed by atoms with Crippen molar-refractivity contribution in [2.75, 3.05) is 6.61 Å². The van der Waals surface area contributed by atoms with E-state index in [1.807, 2.05) is 6.92 Å². The minimum Gasteiger partial charge on any atom is -0.481 e. The number of aliphatic hydroxyl groups is 3. The van der Waals surface area contributed by atoms with Crippen LogP contribution in [0.2, 0.25) is 0 Å². The molecular formula is C15H28O5. The quantitative estimate of drug-likeness (QED) is 0.481. The molecule has 4 N–H and O–H groups in total. The van der Waals surface area contributed by atoms with E-state index in [4.69, 9.17) is 5.11 Å². The molecule has 1 saturated carbocycles. The van der Waals surface area contributed by atoms with Crippen molar-refractivity contribution in [3.05, 3.63) is 0 Å². The van der Waals surface area contributed by atoms with Crippen molar-refractivity contribution in [3.8, 4) is 0 Å². The van der Waals surface area contributed by atoms with Crippen LogP contribution >= 0.6 is 0 Å². The number of hydrogen-bond acceptors (Lipinski definition) is 4. The maximum absolute atomic E-state index is 10.9. The summed E-state index contributed by atoms with van der Waals surface area (Å²) in [6.07, 6.45) is 4.09. The van der Waals surface area contributed by atoms with Gasteiger partial charge in [-0.05, 0) is 31.6 Å². The zero-order valence-electron chi connectivity index (χ0n) is 12.2. The second-order valence-electron chi connectivity index (χ2n) is 5.96. The minimum absolute atomic E-state index is 0.0311. The summed E-state index contributed by atoms with van der Waals surface area (Å²) in [7, 11) is 0. The van der Waals surface area contributed by atoms with Crippen molar-refractivity contribution in [1.82, 2.24) is 0 Å². The first-order valence-corrected chi connectivity index (χ1v) is 7.71. The van der Waals surface area contributed by atoms with Gasteiger partial charge < -0.3 is 20.4 Å². The first-order valence-electron chi connectivity index (χ1n) is 7.71. The minimum atomic E-state index is -0.720. The van der Waals surface area contributed by atoms with E-state index in [1.165, 1.54) is 0 Å². The van der Waals surface area contributed by atoms with Gasteiger partial charge in [0.25, 0.3) is 0 Å². The summed E-state index contributed by atoms with van der Waals surface area (Å²) in [6.45, 7) is 1.81. The van der Waals surface area contributed by atoms with E-state index in [9.17, 15) is 20.1 Å². The first-order chi connectivity index (χ1) is 9.51. The summed E-state index contributed by atoms with van der Waals surface area (Å²) in [5.74, 6) is -1.22. The van der Waals surface area contributed by atoms with Crippen LogP contribution in [0.25, 0.3) is 0 Å². The predicted octanol–water partition coefficient (Wildman–Crippen LogP) is 1.40. The number of carboxylic acid groups (broad SMARTS) is 1. The standard InChI is InChI=1S/C15H28O5/c1-2-10(15(19)20)6-4-3-5-7-11-12(9-16)14(18)8-13(11)17/h10-14,16-18H,2-9H2,1H3,(H,19,20)/t10?,11-,12-,13?,14?/m1/s1. The smallest absolute Gasteiger partial charge is 0.306 e. The van der Waals surface area contributed by atoms with Gasteiger partial charge in [0.1, 0.15) is 0 Å². The normalized spacial score (nSPS) is 31.4. The summed E-state index contributed by atoms with van der Waals surface area (Å²) in [6, 6.07) is 0. The molecule has 1 fully saturated rings. The molecule has 0 aromatic heterocycles. The van der Waals surface area contributed by atoms with E-state index in [1.54, 1.807) is 0 Å². The zero-order valence-corrected chi connectivity index (χ0v) is 12.2. The summed E-state index contributed by atoms with van der Waals surface area (Å²) >= 11 is 0. The van der Waals surface area contributed by atoms with Crippen molar-refractivity contribution in [2.24, 2.45) is 17.8 Å². The highest BCUT2D eigenvalue weighted by molar-refractivity contribution is 5.69. The largest absolute Gasteiger partial charge is 0.481 e. The van der Waals surface area contributed by atoms with E-state index in [-0.39, 0.29) is 24.4 Å². The molecule has 5 heteroatoms. The molecule has 0 aliphatic heterocycles. The number of carbonyl (C=O) groups is 1. The molecule has 5 atom stereocenters. The fourth-order valence-electron chi connectivity index (χ4n) is 3.28. The van der Waals surface area contributed by atoms with Gasteiger partial charge in [-0.15, -0.1) is 0 Å². The van der Waals surface area contributed by atoms with Gasteiger partial charge >= 0.3 is 5.97 Å². The summed E-state index contributed by atoms with van der Waals surface area (Å²) in [4.78, 5) is 10.9. The molecule has 0 radical (unpaired) electrons. The van der Waals surface area contributed by atoms with Gasteiger partial charge in [-0.2, -0.15) is 0 Å². The van der Waals surface area contributed by atoms with Crippen LogP contribution in [0.5, 0.6) is 0 Å². The highest BCUT2D eigenvalue weighted by Gasteiger charge is 2.40. The van der Waals surface area contributed by atoms with Crippen LogP contribution in [-0.2, 0) is 4.79 Å². The molecule has 5 nitrogen and oxygen atoms in total. The molecule has 0 saturated heterocycles. The highest BCUT2D eigenvalue weighted by atomic mass is 16.4. The van der Waals surface area contributed by atoms with Crippen LogP contribution in [-0.4, -0.2) is 45.2 Å². The molecule has 0 amide bonds. The van der Waals surface area contributed by atoms with E-state index in [0.717, 1.165) is 25.7 Å². The van der Waals surface area contributed by atoms with Gasteiger partial charge in [-0.25, -0.2) is 0 Å². The molecule has 0 aromatic rings. The van der Waals surface area contributed by atoms with Gasteiger partial charge in [0.15, 0.2) is 0 Å². The Bertz CT molecular complexity index is 294. The molecule has 1 rings (SSSR count). The topological polar surface area (TPSA) is 98.0 Å². The monoisotopic (exact) mass is 288 g/mol. The number of rotatable bonds is 9. The number of carboxylic acids is 1. The van der Waals surface area contributed by atoms with Gasteiger partial charge in [0.05, 0.1) is 18.1 Å².